The number of hydrogen-bond acceptors (Lipinski definition) is 6. The van der Waals surface area contributed by atoms with Gasteiger partial charge in [0.25, 0.3) is 10.1 Å². The Bertz CT molecular complexity index is 1280. The third kappa shape index (κ3) is 3.28. The maximum Gasteiger partial charge on any atom is 0.294 e. The summed E-state index contributed by atoms with van der Waals surface area (Å²) in [5.41, 5.74) is 0.982. The first-order valence-corrected chi connectivity index (χ1v) is 9.98. The average Bonchev–Trinajstić information content (AvgIpc) is 2.71. The highest BCUT2D eigenvalue weighted by Crippen LogP contribution is 2.36. The molecule has 0 radical (unpaired) electrons. The molecule has 0 atom stereocenters. The molecule has 0 saturated carbocycles. The van der Waals surface area contributed by atoms with Gasteiger partial charge in [0, 0.05) is 28.4 Å². The van der Waals surface area contributed by atoms with E-state index in [1.165, 1.54) is 13.2 Å². The predicted octanol–water partition coefficient (Wildman–Crippen LogP) is 3.46. The Hall–Kier alpha value is -3.49. The van der Waals surface area contributed by atoms with Gasteiger partial charge in [-0.3, -0.25) is 14.1 Å². The summed E-state index contributed by atoms with van der Waals surface area (Å²) < 4.78 is 38.2. The van der Waals surface area contributed by atoms with Gasteiger partial charge in [0.15, 0.2) is 11.6 Å². The van der Waals surface area contributed by atoms with Crippen LogP contribution in [0.25, 0.3) is 0 Å². The molecule has 4 rings (SSSR count). The lowest BCUT2D eigenvalue weighted by Gasteiger charge is -2.22. The molecule has 1 aliphatic rings. The van der Waals surface area contributed by atoms with Crippen LogP contribution >= 0.6 is 0 Å². The topological polar surface area (TPSA) is 110 Å². The van der Waals surface area contributed by atoms with Crippen molar-refractivity contribution >= 4 is 33.1 Å². The smallest absolute Gasteiger partial charge is 0.294 e. The number of anilines is 2. The predicted molar refractivity (Wildman–Crippen MR) is 106 cm³/mol. The number of hydrogen-bond donors (Lipinski definition) is 2. The van der Waals surface area contributed by atoms with E-state index in [1.807, 2.05) is 0 Å². The Kier molecular flexibility index (Phi) is 4.45. The molecular formula is C21H15NO6S. The number of fused-ring (bicyclic) bond motifs is 2. The van der Waals surface area contributed by atoms with Crippen LogP contribution in [0.4, 0.5) is 11.4 Å². The van der Waals surface area contributed by atoms with Gasteiger partial charge in [-0.15, -0.1) is 0 Å². The summed E-state index contributed by atoms with van der Waals surface area (Å²) in [6, 6.07) is 15.3. The Morgan fingerprint density at radius 1 is 0.862 bits per heavy atom. The molecule has 3 aromatic rings. The van der Waals surface area contributed by atoms with Crippen molar-refractivity contribution in [3.63, 3.8) is 0 Å². The monoisotopic (exact) mass is 409 g/mol. The van der Waals surface area contributed by atoms with Crippen LogP contribution in [-0.4, -0.2) is 31.6 Å². The number of rotatable bonds is 4. The minimum absolute atomic E-state index is 0.0453. The fraction of sp³-hybridized carbons (Fsp3) is 0.0476. The SMILES string of the molecule is COc1cccc(Nc2cc(S(=O)(=O)O)cc3c2C(=O)c2ccccc2C3=O)c1. The molecule has 7 nitrogen and oxygen atoms in total. The van der Waals surface area contributed by atoms with Crippen LogP contribution in [-0.2, 0) is 10.1 Å². The molecule has 0 saturated heterocycles. The summed E-state index contributed by atoms with van der Waals surface area (Å²) in [6.45, 7) is 0. The number of methoxy groups -OCH3 is 1. The van der Waals surface area contributed by atoms with E-state index in [1.54, 1.807) is 42.5 Å². The zero-order chi connectivity index (χ0) is 20.8. The highest BCUT2D eigenvalue weighted by Gasteiger charge is 2.33. The minimum Gasteiger partial charge on any atom is -0.497 e. The lowest BCUT2D eigenvalue weighted by Crippen LogP contribution is -2.23. The molecule has 3 aromatic carbocycles. The molecule has 0 aliphatic heterocycles. The molecule has 1 aliphatic carbocycles. The van der Waals surface area contributed by atoms with Crippen molar-refractivity contribution in [2.45, 2.75) is 4.90 Å². The maximum absolute atomic E-state index is 13.1. The fourth-order valence-corrected chi connectivity index (χ4v) is 3.84. The summed E-state index contributed by atoms with van der Waals surface area (Å²) in [6.07, 6.45) is 0. The Balaban J connectivity index is 1.95. The molecule has 0 aromatic heterocycles. The molecule has 146 valence electrons. The zero-order valence-electron chi connectivity index (χ0n) is 15.2. The van der Waals surface area contributed by atoms with Crippen LogP contribution in [0, 0.1) is 0 Å². The van der Waals surface area contributed by atoms with Crippen molar-refractivity contribution in [1.82, 2.24) is 0 Å². The number of carbonyl (C=O) groups excluding carboxylic acids is 2. The third-order valence-corrected chi connectivity index (χ3v) is 5.48. The minimum atomic E-state index is -4.61. The van der Waals surface area contributed by atoms with Gasteiger partial charge in [0.1, 0.15) is 5.75 Å². The molecule has 0 fully saturated rings. The van der Waals surface area contributed by atoms with E-state index in [4.69, 9.17) is 4.74 Å². The van der Waals surface area contributed by atoms with Gasteiger partial charge in [-0.05, 0) is 24.3 Å². The average molecular weight is 409 g/mol. The van der Waals surface area contributed by atoms with Crippen molar-refractivity contribution < 1.29 is 27.3 Å². The van der Waals surface area contributed by atoms with Crippen LogP contribution in [0.2, 0.25) is 0 Å². The van der Waals surface area contributed by atoms with Crippen molar-refractivity contribution in [2.24, 2.45) is 0 Å². The van der Waals surface area contributed by atoms with Gasteiger partial charge in [-0.2, -0.15) is 8.42 Å². The molecule has 29 heavy (non-hydrogen) atoms. The summed E-state index contributed by atoms with van der Waals surface area (Å²) in [4.78, 5) is 25.6. The summed E-state index contributed by atoms with van der Waals surface area (Å²) in [7, 11) is -3.11. The van der Waals surface area contributed by atoms with E-state index < -0.39 is 26.6 Å². The Morgan fingerprint density at radius 2 is 1.55 bits per heavy atom. The fourth-order valence-electron chi connectivity index (χ4n) is 3.30. The van der Waals surface area contributed by atoms with Gasteiger partial charge in [0.2, 0.25) is 0 Å². The van der Waals surface area contributed by atoms with Gasteiger partial charge in [0.05, 0.1) is 23.3 Å². The lowest BCUT2D eigenvalue weighted by molar-refractivity contribution is 0.0979. The largest absolute Gasteiger partial charge is 0.497 e. The third-order valence-electron chi connectivity index (χ3n) is 4.65. The Morgan fingerprint density at radius 3 is 2.21 bits per heavy atom. The van der Waals surface area contributed by atoms with Crippen molar-refractivity contribution in [3.05, 3.63) is 82.9 Å². The quantitative estimate of drug-likeness (QED) is 0.497. The zero-order valence-corrected chi connectivity index (χ0v) is 16.0. The maximum atomic E-state index is 13.1. The molecular weight excluding hydrogens is 394 g/mol. The summed E-state index contributed by atoms with van der Waals surface area (Å²) >= 11 is 0. The lowest BCUT2D eigenvalue weighted by atomic mass is 9.83. The molecule has 0 unspecified atom stereocenters. The number of carbonyl (C=O) groups is 2. The second kappa shape index (κ2) is 6.84. The van der Waals surface area contributed by atoms with Crippen LogP contribution in [0.1, 0.15) is 31.8 Å². The first-order chi connectivity index (χ1) is 13.8. The molecule has 0 spiro atoms. The highest BCUT2D eigenvalue weighted by molar-refractivity contribution is 7.85. The van der Waals surface area contributed by atoms with Gasteiger partial charge in [-0.25, -0.2) is 0 Å². The van der Waals surface area contributed by atoms with Crippen LogP contribution in [0.5, 0.6) is 5.75 Å². The highest BCUT2D eigenvalue weighted by atomic mass is 32.2. The van der Waals surface area contributed by atoms with E-state index in [0.717, 1.165) is 12.1 Å². The van der Waals surface area contributed by atoms with E-state index >= 15 is 0 Å². The van der Waals surface area contributed by atoms with E-state index in [-0.39, 0.29) is 27.9 Å². The molecule has 0 amide bonds. The van der Waals surface area contributed by atoms with E-state index in [9.17, 15) is 22.6 Å². The van der Waals surface area contributed by atoms with Crippen LogP contribution in [0.3, 0.4) is 0 Å². The number of ether oxygens (including phenoxy) is 1. The van der Waals surface area contributed by atoms with Gasteiger partial charge in [-0.1, -0.05) is 30.3 Å². The van der Waals surface area contributed by atoms with Crippen molar-refractivity contribution in [3.8, 4) is 5.75 Å². The van der Waals surface area contributed by atoms with Gasteiger partial charge >= 0.3 is 0 Å². The van der Waals surface area contributed by atoms with Crippen LogP contribution in [0.15, 0.2) is 65.6 Å². The molecule has 0 heterocycles. The second-order valence-electron chi connectivity index (χ2n) is 6.43. The van der Waals surface area contributed by atoms with Crippen LogP contribution < -0.4 is 10.1 Å². The second-order valence-corrected chi connectivity index (χ2v) is 7.85. The number of nitrogens with one attached hydrogen (secondary N) is 1. The summed E-state index contributed by atoms with van der Waals surface area (Å²) in [5.74, 6) is -0.362. The first-order valence-electron chi connectivity index (χ1n) is 8.54. The molecule has 8 heteroatoms. The van der Waals surface area contributed by atoms with Gasteiger partial charge < -0.3 is 10.1 Å². The first kappa shape index (κ1) is 18.9. The molecule has 0 bridgehead atoms. The van der Waals surface area contributed by atoms with Crippen molar-refractivity contribution in [1.29, 1.82) is 0 Å². The van der Waals surface area contributed by atoms with E-state index in [2.05, 4.69) is 5.32 Å². The standard InChI is InChI=1S/C21H15NO6S/c1-28-13-6-4-5-12(9-13)22-18-11-14(29(25,26)27)10-17-19(18)21(24)16-8-3-2-7-15(16)20(17)23/h2-11,22H,1H3,(H,25,26,27). The van der Waals surface area contributed by atoms with E-state index in [0.29, 0.717) is 11.4 Å². The normalized spacial score (nSPS) is 12.9. The molecule has 2 N–H and O–H groups in total. The number of benzene rings is 3. The Labute approximate surface area is 166 Å². The number of ketones is 2. The van der Waals surface area contributed by atoms with Crippen molar-refractivity contribution in [2.75, 3.05) is 12.4 Å². The summed E-state index contributed by atoms with van der Waals surface area (Å²) in [5, 5.41) is 2.97.